The third-order valence-electron chi connectivity index (χ3n) is 5.33. The molecule has 23 heavy (non-hydrogen) atoms. The van der Waals surface area contributed by atoms with Crippen LogP contribution in [0.4, 0.5) is 0 Å². The summed E-state index contributed by atoms with van der Waals surface area (Å²) in [5, 5.41) is 0. The van der Waals surface area contributed by atoms with Crippen LogP contribution in [0.1, 0.15) is 22.6 Å². The van der Waals surface area contributed by atoms with E-state index in [1.165, 1.54) is 9.75 Å². The Labute approximate surface area is 143 Å². The van der Waals surface area contributed by atoms with E-state index < -0.39 is 0 Å². The number of piperazine rings is 1. The van der Waals surface area contributed by atoms with Gasteiger partial charge >= 0.3 is 0 Å². The predicted octanol–water partition coefficient (Wildman–Crippen LogP) is 2.35. The zero-order chi connectivity index (χ0) is 16.4. The van der Waals surface area contributed by atoms with Crippen LogP contribution in [-0.2, 0) is 11.3 Å². The van der Waals surface area contributed by atoms with Crippen molar-refractivity contribution in [3.05, 3.63) is 34.5 Å². The lowest BCUT2D eigenvalue weighted by Crippen LogP contribution is -2.67. The smallest absolute Gasteiger partial charge is 0.243 e. The van der Waals surface area contributed by atoms with E-state index >= 15 is 0 Å². The van der Waals surface area contributed by atoms with Gasteiger partial charge in [-0.1, -0.05) is 6.08 Å². The molecule has 0 atom stereocenters. The Morgan fingerprint density at radius 1 is 1.26 bits per heavy atom. The summed E-state index contributed by atoms with van der Waals surface area (Å²) in [6.07, 6.45) is 3.70. The Hall–Kier alpha value is -1.17. The van der Waals surface area contributed by atoms with Crippen LogP contribution in [0.3, 0.4) is 0 Å². The first-order valence-electron chi connectivity index (χ1n) is 8.44. The van der Waals surface area contributed by atoms with Gasteiger partial charge < -0.3 is 4.90 Å². The minimum atomic E-state index is -0.289. The highest BCUT2D eigenvalue weighted by Crippen LogP contribution is 2.33. The van der Waals surface area contributed by atoms with Crippen molar-refractivity contribution in [2.24, 2.45) is 0 Å². The van der Waals surface area contributed by atoms with Crippen LogP contribution in [0.25, 0.3) is 0 Å². The Morgan fingerprint density at radius 3 is 2.61 bits per heavy atom. The second-order valence-corrected chi connectivity index (χ2v) is 8.15. The van der Waals surface area contributed by atoms with Crippen molar-refractivity contribution in [1.29, 1.82) is 0 Å². The largest absolute Gasteiger partial charge is 0.336 e. The van der Waals surface area contributed by atoms with E-state index in [9.17, 15) is 4.79 Å². The number of carbonyl (C=O) groups is 1. The van der Waals surface area contributed by atoms with E-state index in [0.717, 1.165) is 45.6 Å². The van der Waals surface area contributed by atoms with Crippen LogP contribution < -0.4 is 0 Å². The van der Waals surface area contributed by atoms with Crippen molar-refractivity contribution in [3.8, 4) is 0 Å². The number of aryl methyl sites for hydroxylation is 1. The number of nitrogens with zero attached hydrogens (tertiary/aromatic N) is 3. The second kappa shape index (κ2) is 6.75. The van der Waals surface area contributed by atoms with Crippen LogP contribution in [0.15, 0.2) is 24.8 Å². The highest BCUT2D eigenvalue weighted by Gasteiger charge is 2.48. The molecule has 0 bridgehead atoms. The quantitative estimate of drug-likeness (QED) is 0.792. The molecule has 1 spiro atoms. The Balaban J connectivity index is 1.65. The standard InChI is InChI=1S/C18H27N3OS/c1-4-9-21-13-12-19(3)18(17(21)22)7-10-20(11-8-18)14-16-6-5-15(2)23-16/h4-6H,1,7-14H2,2-3H3. The monoisotopic (exact) mass is 333 g/mol. The molecular weight excluding hydrogens is 306 g/mol. The van der Waals surface area contributed by atoms with Gasteiger partial charge in [-0.25, -0.2) is 0 Å². The van der Waals surface area contributed by atoms with Gasteiger partial charge in [0.25, 0.3) is 0 Å². The van der Waals surface area contributed by atoms with Crippen molar-refractivity contribution < 1.29 is 4.79 Å². The van der Waals surface area contributed by atoms with Gasteiger partial charge in [0.15, 0.2) is 0 Å². The summed E-state index contributed by atoms with van der Waals surface area (Å²) in [6, 6.07) is 4.42. The molecule has 2 aliphatic rings. The molecule has 3 heterocycles. The van der Waals surface area contributed by atoms with Crippen LogP contribution >= 0.6 is 11.3 Å². The molecule has 4 nitrogen and oxygen atoms in total. The zero-order valence-corrected chi connectivity index (χ0v) is 15.1. The Morgan fingerprint density at radius 2 is 2.00 bits per heavy atom. The maximum absolute atomic E-state index is 13.0. The number of carbonyl (C=O) groups excluding carboxylic acids is 1. The van der Waals surface area contributed by atoms with Gasteiger partial charge in [-0.05, 0) is 38.9 Å². The highest BCUT2D eigenvalue weighted by atomic mass is 32.1. The van der Waals surface area contributed by atoms with Crippen molar-refractivity contribution in [3.63, 3.8) is 0 Å². The highest BCUT2D eigenvalue weighted by molar-refractivity contribution is 7.11. The van der Waals surface area contributed by atoms with Crippen molar-refractivity contribution in [1.82, 2.24) is 14.7 Å². The summed E-state index contributed by atoms with van der Waals surface area (Å²) in [5.41, 5.74) is -0.289. The first kappa shape index (κ1) is 16.7. The summed E-state index contributed by atoms with van der Waals surface area (Å²) >= 11 is 1.88. The van der Waals surface area contributed by atoms with Gasteiger partial charge in [0, 0.05) is 49.0 Å². The van der Waals surface area contributed by atoms with E-state index in [2.05, 4.69) is 42.5 Å². The number of amides is 1. The molecule has 0 radical (unpaired) electrons. The van der Waals surface area contributed by atoms with Crippen molar-refractivity contribution in [2.45, 2.75) is 31.8 Å². The van der Waals surface area contributed by atoms with Crippen LogP contribution in [0.5, 0.6) is 0 Å². The number of rotatable bonds is 4. The summed E-state index contributed by atoms with van der Waals surface area (Å²) in [7, 11) is 2.11. The van der Waals surface area contributed by atoms with E-state index in [1.807, 2.05) is 22.3 Å². The molecule has 0 saturated carbocycles. The van der Waals surface area contributed by atoms with E-state index in [-0.39, 0.29) is 5.54 Å². The summed E-state index contributed by atoms with van der Waals surface area (Å²) in [5.74, 6) is 0.303. The van der Waals surface area contributed by atoms with Crippen molar-refractivity contribution in [2.75, 3.05) is 39.8 Å². The zero-order valence-electron chi connectivity index (χ0n) is 14.3. The maximum atomic E-state index is 13.0. The molecule has 0 N–H and O–H groups in total. The van der Waals surface area contributed by atoms with E-state index in [4.69, 9.17) is 0 Å². The average Bonchev–Trinajstić information content (AvgIpc) is 2.95. The number of hydrogen-bond donors (Lipinski definition) is 0. The lowest BCUT2D eigenvalue weighted by Gasteiger charge is -2.51. The minimum Gasteiger partial charge on any atom is -0.336 e. The summed E-state index contributed by atoms with van der Waals surface area (Å²) in [4.78, 5) is 22.5. The van der Waals surface area contributed by atoms with Gasteiger partial charge in [-0.2, -0.15) is 0 Å². The van der Waals surface area contributed by atoms with Gasteiger partial charge in [-0.15, -0.1) is 17.9 Å². The number of thiophene rings is 1. The number of likely N-dealkylation sites (tertiary alicyclic amines) is 1. The van der Waals surface area contributed by atoms with Gasteiger partial charge in [0.05, 0.1) is 0 Å². The van der Waals surface area contributed by atoms with E-state index in [0.29, 0.717) is 12.5 Å². The number of piperidine rings is 1. The average molecular weight is 334 g/mol. The molecule has 1 amide bonds. The molecule has 3 rings (SSSR count). The SMILES string of the molecule is C=CCN1CCN(C)C2(CCN(Cc3ccc(C)s3)CC2)C1=O. The number of likely N-dealkylation sites (N-methyl/N-ethyl adjacent to an activating group) is 1. The lowest BCUT2D eigenvalue weighted by molar-refractivity contribution is -0.153. The Kier molecular flexibility index (Phi) is 4.90. The molecular formula is C18H27N3OS. The third kappa shape index (κ3) is 3.23. The normalized spacial score (nSPS) is 22.7. The Bertz CT molecular complexity index is 575. The fourth-order valence-electron chi connectivity index (χ4n) is 3.84. The molecule has 0 aromatic carbocycles. The predicted molar refractivity (Wildman–Crippen MR) is 95.7 cm³/mol. The molecule has 2 fully saturated rings. The molecule has 0 unspecified atom stereocenters. The molecule has 1 aromatic heterocycles. The molecule has 2 saturated heterocycles. The molecule has 126 valence electrons. The first-order chi connectivity index (χ1) is 11.0. The van der Waals surface area contributed by atoms with Gasteiger partial charge in [-0.3, -0.25) is 14.6 Å². The van der Waals surface area contributed by atoms with Crippen LogP contribution in [0.2, 0.25) is 0 Å². The van der Waals surface area contributed by atoms with Crippen LogP contribution in [-0.4, -0.2) is 65.9 Å². The first-order valence-corrected chi connectivity index (χ1v) is 9.26. The second-order valence-electron chi connectivity index (χ2n) is 6.78. The molecule has 1 aromatic rings. The minimum absolute atomic E-state index is 0.289. The fourth-order valence-corrected chi connectivity index (χ4v) is 4.77. The van der Waals surface area contributed by atoms with Gasteiger partial charge in [0.2, 0.25) is 5.91 Å². The lowest BCUT2D eigenvalue weighted by atomic mass is 9.82. The molecule has 0 aliphatic carbocycles. The van der Waals surface area contributed by atoms with Crippen LogP contribution in [0, 0.1) is 6.92 Å². The van der Waals surface area contributed by atoms with E-state index in [1.54, 1.807) is 0 Å². The van der Waals surface area contributed by atoms with Crippen molar-refractivity contribution >= 4 is 17.2 Å². The summed E-state index contributed by atoms with van der Waals surface area (Å²) < 4.78 is 0. The fraction of sp³-hybridized carbons (Fsp3) is 0.611. The summed E-state index contributed by atoms with van der Waals surface area (Å²) in [6.45, 7) is 11.4. The van der Waals surface area contributed by atoms with Gasteiger partial charge in [0.1, 0.15) is 5.54 Å². The third-order valence-corrected chi connectivity index (χ3v) is 6.31. The number of hydrogen-bond acceptors (Lipinski definition) is 4. The topological polar surface area (TPSA) is 26.8 Å². The molecule has 5 heteroatoms. The molecule has 2 aliphatic heterocycles. The maximum Gasteiger partial charge on any atom is 0.243 e.